The Balaban J connectivity index is 2.40. The van der Waals surface area contributed by atoms with E-state index in [9.17, 15) is 8.42 Å². The second-order valence-electron chi connectivity index (χ2n) is 4.47. The van der Waals surface area contributed by atoms with Gasteiger partial charge in [-0.1, -0.05) is 0 Å². The smallest absolute Gasteiger partial charge is 0.262 e. The Morgan fingerprint density at radius 1 is 0.913 bits per heavy atom. The van der Waals surface area contributed by atoms with Crippen LogP contribution in [0.25, 0.3) is 0 Å². The van der Waals surface area contributed by atoms with Crippen molar-refractivity contribution in [1.82, 2.24) is 0 Å². The zero-order valence-electron chi connectivity index (χ0n) is 12.8. The molecule has 2 aromatic carbocycles. The molecule has 0 heterocycles. The highest BCUT2D eigenvalue weighted by molar-refractivity contribution is 9.10. The van der Waals surface area contributed by atoms with Gasteiger partial charge in [0.05, 0.1) is 36.4 Å². The van der Waals surface area contributed by atoms with Crippen molar-refractivity contribution in [3.05, 3.63) is 40.9 Å². The monoisotopic (exact) mass is 401 g/mol. The van der Waals surface area contributed by atoms with Gasteiger partial charge in [-0.05, 0) is 46.3 Å². The Hall–Kier alpha value is -1.93. The first-order valence-corrected chi connectivity index (χ1v) is 8.77. The van der Waals surface area contributed by atoms with Crippen LogP contribution >= 0.6 is 15.9 Å². The summed E-state index contributed by atoms with van der Waals surface area (Å²) in [6.45, 7) is 0. The van der Waals surface area contributed by atoms with Gasteiger partial charge in [-0.2, -0.15) is 0 Å². The third-order valence-electron chi connectivity index (χ3n) is 3.08. The maximum absolute atomic E-state index is 12.6. The molecular weight excluding hydrogens is 386 g/mol. The zero-order valence-corrected chi connectivity index (χ0v) is 15.2. The Morgan fingerprint density at radius 3 is 2.13 bits per heavy atom. The van der Waals surface area contributed by atoms with Gasteiger partial charge in [-0.25, -0.2) is 8.42 Å². The van der Waals surface area contributed by atoms with Gasteiger partial charge in [0, 0.05) is 6.07 Å². The van der Waals surface area contributed by atoms with E-state index in [1.807, 2.05) is 0 Å². The number of halogens is 1. The second-order valence-corrected chi connectivity index (χ2v) is 7.00. The normalized spacial score (nSPS) is 11.0. The highest BCUT2D eigenvalue weighted by Crippen LogP contribution is 2.32. The molecule has 0 radical (unpaired) electrons. The molecule has 0 aliphatic rings. The fourth-order valence-electron chi connectivity index (χ4n) is 1.91. The van der Waals surface area contributed by atoms with Gasteiger partial charge in [0.15, 0.2) is 0 Å². The second kappa shape index (κ2) is 7.10. The van der Waals surface area contributed by atoms with Crippen molar-refractivity contribution >= 4 is 31.6 Å². The predicted molar refractivity (Wildman–Crippen MR) is 91.0 cm³/mol. The van der Waals surface area contributed by atoms with Gasteiger partial charge < -0.3 is 14.2 Å². The number of hydrogen-bond acceptors (Lipinski definition) is 5. The molecule has 0 amide bonds. The topological polar surface area (TPSA) is 73.9 Å². The van der Waals surface area contributed by atoms with Crippen molar-refractivity contribution in [3.63, 3.8) is 0 Å². The fourth-order valence-corrected chi connectivity index (χ4v) is 3.69. The molecule has 2 rings (SSSR count). The molecule has 0 saturated heterocycles. The summed E-state index contributed by atoms with van der Waals surface area (Å²) in [5.74, 6) is 1.45. The number of rotatable bonds is 6. The summed E-state index contributed by atoms with van der Waals surface area (Å²) in [7, 11) is 0.681. The maximum Gasteiger partial charge on any atom is 0.262 e. The largest absolute Gasteiger partial charge is 0.497 e. The van der Waals surface area contributed by atoms with Crippen molar-refractivity contribution in [2.24, 2.45) is 0 Å². The predicted octanol–water partition coefficient (Wildman–Crippen LogP) is 3.28. The lowest BCUT2D eigenvalue weighted by atomic mass is 10.3. The number of hydrogen-bond donors (Lipinski definition) is 1. The average molecular weight is 402 g/mol. The Bertz CT molecular complexity index is 808. The van der Waals surface area contributed by atoms with Crippen LogP contribution in [0.1, 0.15) is 0 Å². The molecule has 23 heavy (non-hydrogen) atoms. The third-order valence-corrected chi connectivity index (χ3v) is 5.07. The highest BCUT2D eigenvalue weighted by atomic mass is 79.9. The minimum absolute atomic E-state index is 0.0926. The average Bonchev–Trinajstić information content (AvgIpc) is 2.54. The first-order valence-electron chi connectivity index (χ1n) is 6.49. The van der Waals surface area contributed by atoms with E-state index in [-0.39, 0.29) is 4.90 Å². The van der Waals surface area contributed by atoms with Gasteiger partial charge in [0.1, 0.15) is 17.2 Å². The summed E-state index contributed by atoms with van der Waals surface area (Å²) in [5.41, 5.74) is 0.291. The van der Waals surface area contributed by atoms with Gasteiger partial charge >= 0.3 is 0 Å². The van der Waals surface area contributed by atoms with Crippen LogP contribution in [-0.2, 0) is 10.0 Å². The molecule has 0 aliphatic carbocycles. The molecule has 0 atom stereocenters. The van der Waals surface area contributed by atoms with Crippen LogP contribution in [0.15, 0.2) is 45.8 Å². The van der Waals surface area contributed by atoms with E-state index in [1.165, 1.54) is 33.5 Å². The lowest BCUT2D eigenvalue weighted by molar-refractivity contribution is 0.405. The minimum atomic E-state index is -3.79. The maximum atomic E-state index is 12.6. The Labute approximate surface area is 143 Å². The molecule has 6 nitrogen and oxygen atoms in total. The molecule has 8 heteroatoms. The van der Waals surface area contributed by atoms with Crippen LogP contribution in [0, 0.1) is 0 Å². The fraction of sp³-hybridized carbons (Fsp3) is 0.200. The number of sulfonamides is 1. The van der Waals surface area contributed by atoms with Crippen LogP contribution in [0.2, 0.25) is 0 Å². The molecule has 1 N–H and O–H groups in total. The molecular formula is C15H16BrNO5S. The summed E-state index contributed by atoms with van der Waals surface area (Å²) >= 11 is 3.27. The molecule has 124 valence electrons. The first kappa shape index (κ1) is 17.4. The highest BCUT2D eigenvalue weighted by Gasteiger charge is 2.18. The number of benzene rings is 2. The molecule has 0 aromatic heterocycles. The summed E-state index contributed by atoms with van der Waals surface area (Å²) in [6.07, 6.45) is 0. The van der Waals surface area contributed by atoms with Crippen molar-refractivity contribution in [2.45, 2.75) is 4.90 Å². The van der Waals surface area contributed by atoms with E-state index >= 15 is 0 Å². The molecule has 0 aliphatic heterocycles. The van der Waals surface area contributed by atoms with Crippen LogP contribution in [-0.4, -0.2) is 29.7 Å². The third kappa shape index (κ3) is 3.89. The molecule has 2 aromatic rings. The number of nitrogens with one attached hydrogen (secondary N) is 1. The summed E-state index contributed by atoms with van der Waals surface area (Å²) < 4.78 is 43.5. The quantitative estimate of drug-likeness (QED) is 0.803. The summed E-state index contributed by atoms with van der Waals surface area (Å²) in [6, 6.07) is 9.35. The Kier molecular flexibility index (Phi) is 5.38. The first-order chi connectivity index (χ1) is 10.9. The van der Waals surface area contributed by atoms with Crippen LogP contribution in [0.5, 0.6) is 17.2 Å². The minimum Gasteiger partial charge on any atom is -0.497 e. The molecule has 0 saturated carbocycles. The van der Waals surface area contributed by atoms with Crippen LogP contribution in [0.4, 0.5) is 5.69 Å². The zero-order chi connectivity index (χ0) is 17.0. The van der Waals surface area contributed by atoms with Gasteiger partial charge in [0.25, 0.3) is 10.0 Å². The van der Waals surface area contributed by atoms with E-state index < -0.39 is 10.0 Å². The molecule has 0 fully saturated rings. The lowest BCUT2D eigenvalue weighted by Crippen LogP contribution is -2.13. The van der Waals surface area contributed by atoms with E-state index in [0.717, 1.165) is 0 Å². The van der Waals surface area contributed by atoms with Gasteiger partial charge in [0.2, 0.25) is 0 Å². The van der Waals surface area contributed by atoms with Crippen molar-refractivity contribution in [2.75, 3.05) is 26.1 Å². The SMILES string of the molecule is COc1ccc(OC)c(NS(=O)(=O)c2ccc(OC)c(Br)c2)c1. The molecule has 0 spiro atoms. The van der Waals surface area contributed by atoms with E-state index in [2.05, 4.69) is 20.7 Å². The summed E-state index contributed by atoms with van der Waals surface area (Å²) in [4.78, 5) is 0.0926. The van der Waals surface area contributed by atoms with Gasteiger partial charge in [-0.15, -0.1) is 0 Å². The summed E-state index contributed by atoms with van der Waals surface area (Å²) in [5, 5.41) is 0. The van der Waals surface area contributed by atoms with Crippen molar-refractivity contribution in [1.29, 1.82) is 0 Å². The van der Waals surface area contributed by atoms with Crippen LogP contribution < -0.4 is 18.9 Å². The van der Waals surface area contributed by atoms with Crippen LogP contribution in [0.3, 0.4) is 0 Å². The number of methoxy groups -OCH3 is 3. The van der Waals surface area contributed by atoms with Gasteiger partial charge in [-0.3, -0.25) is 4.72 Å². The molecule has 0 unspecified atom stereocenters. The standard InChI is InChI=1S/C15H16BrNO5S/c1-20-10-4-6-15(22-3)13(8-10)17-23(18,19)11-5-7-14(21-2)12(16)9-11/h4-9,17H,1-3H3. The lowest BCUT2D eigenvalue weighted by Gasteiger charge is -2.13. The van der Waals surface area contributed by atoms with E-state index in [0.29, 0.717) is 27.4 Å². The van der Waals surface area contributed by atoms with Crippen molar-refractivity contribution in [3.8, 4) is 17.2 Å². The number of ether oxygens (including phenoxy) is 3. The van der Waals surface area contributed by atoms with Crippen molar-refractivity contribution < 1.29 is 22.6 Å². The van der Waals surface area contributed by atoms with E-state index in [4.69, 9.17) is 14.2 Å². The molecule has 0 bridgehead atoms. The number of anilines is 1. The Morgan fingerprint density at radius 2 is 1.57 bits per heavy atom. The van der Waals surface area contributed by atoms with E-state index in [1.54, 1.807) is 24.3 Å².